The van der Waals surface area contributed by atoms with E-state index in [0.29, 0.717) is 21.0 Å². The summed E-state index contributed by atoms with van der Waals surface area (Å²) in [6.07, 6.45) is 1.39. The summed E-state index contributed by atoms with van der Waals surface area (Å²) in [6, 6.07) is 11.9. The molecule has 0 unspecified atom stereocenters. The third kappa shape index (κ3) is 2.46. The first-order valence-electron chi connectivity index (χ1n) is 5.76. The van der Waals surface area contributed by atoms with E-state index in [-0.39, 0.29) is 5.82 Å². The number of halogens is 3. The molecule has 1 heterocycles. The lowest BCUT2D eigenvalue weighted by atomic mass is 10.2. The Hall–Kier alpha value is -1.72. The lowest BCUT2D eigenvalue weighted by Crippen LogP contribution is -2.02. The first-order valence-corrected chi connectivity index (χ1v) is 6.93. The zero-order valence-electron chi connectivity index (χ0n) is 10.1. The molecule has 0 saturated heterocycles. The van der Waals surface area contributed by atoms with Crippen molar-refractivity contribution in [2.45, 2.75) is 0 Å². The standard InChI is InChI=1S/C14H8BrClFN3/c15-10-3-6-13(12(17)7-10)20-14(18-8-19-20)9-1-4-11(16)5-2-9/h1-8H. The van der Waals surface area contributed by atoms with Crippen molar-refractivity contribution in [3.8, 4) is 17.1 Å². The first kappa shape index (κ1) is 13.3. The fourth-order valence-electron chi connectivity index (χ4n) is 1.87. The van der Waals surface area contributed by atoms with E-state index in [1.165, 1.54) is 17.1 Å². The van der Waals surface area contributed by atoms with E-state index in [1.54, 1.807) is 24.3 Å². The molecular weight excluding hydrogens is 345 g/mol. The smallest absolute Gasteiger partial charge is 0.163 e. The van der Waals surface area contributed by atoms with Crippen LogP contribution in [0, 0.1) is 5.82 Å². The van der Waals surface area contributed by atoms with Gasteiger partial charge in [-0.15, -0.1) is 0 Å². The molecule has 0 aliphatic heterocycles. The third-order valence-corrected chi connectivity index (χ3v) is 3.53. The average molecular weight is 353 g/mol. The summed E-state index contributed by atoms with van der Waals surface area (Å²) in [5, 5.41) is 4.73. The second kappa shape index (κ2) is 5.34. The summed E-state index contributed by atoms with van der Waals surface area (Å²) >= 11 is 9.10. The Labute approximate surface area is 128 Å². The van der Waals surface area contributed by atoms with Gasteiger partial charge < -0.3 is 0 Å². The maximum absolute atomic E-state index is 14.0. The number of hydrogen-bond acceptors (Lipinski definition) is 2. The first-order chi connectivity index (χ1) is 9.65. The number of nitrogens with zero attached hydrogens (tertiary/aromatic N) is 3. The number of benzene rings is 2. The Kier molecular flexibility index (Phi) is 3.54. The number of hydrogen-bond donors (Lipinski definition) is 0. The van der Waals surface area contributed by atoms with Crippen molar-refractivity contribution < 1.29 is 4.39 Å². The summed E-state index contributed by atoms with van der Waals surface area (Å²) in [6.45, 7) is 0. The van der Waals surface area contributed by atoms with Crippen LogP contribution in [-0.2, 0) is 0 Å². The van der Waals surface area contributed by atoms with Crippen molar-refractivity contribution in [2.24, 2.45) is 0 Å². The van der Waals surface area contributed by atoms with Crippen molar-refractivity contribution in [1.82, 2.24) is 14.8 Å². The Morgan fingerprint density at radius 1 is 1.10 bits per heavy atom. The van der Waals surface area contributed by atoms with Crippen LogP contribution in [0.3, 0.4) is 0 Å². The Morgan fingerprint density at radius 3 is 2.55 bits per heavy atom. The summed E-state index contributed by atoms with van der Waals surface area (Å²) in [7, 11) is 0. The molecule has 100 valence electrons. The lowest BCUT2D eigenvalue weighted by molar-refractivity contribution is 0.610. The van der Waals surface area contributed by atoms with Gasteiger partial charge in [-0.1, -0.05) is 27.5 Å². The van der Waals surface area contributed by atoms with Gasteiger partial charge in [-0.05, 0) is 42.5 Å². The Morgan fingerprint density at radius 2 is 1.85 bits per heavy atom. The molecule has 0 fully saturated rings. The van der Waals surface area contributed by atoms with Gasteiger partial charge in [0, 0.05) is 15.1 Å². The van der Waals surface area contributed by atoms with E-state index >= 15 is 0 Å². The molecule has 6 heteroatoms. The predicted molar refractivity (Wildman–Crippen MR) is 79.5 cm³/mol. The van der Waals surface area contributed by atoms with Crippen LogP contribution in [0.5, 0.6) is 0 Å². The molecule has 0 radical (unpaired) electrons. The van der Waals surface area contributed by atoms with E-state index in [0.717, 1.165) is 5.56 Å². The maximum atomic E-state index is 14.0. The van der Waals surface area contributed by atoms with Gasteiger partial charge in [0.25, 0.3) is 0 Å². The third-order valence-electron chi connectivity index (χ3n) is 2.79. The van der Waals surface area contributed by atoms with Crippen LogP contribution >= 0.6 is 27.5 Å². The summed E-state index contributed by atoms with van der Waals surface area (Å²) in [4.78, 5) is 4.19. The van der Waals surface area contributed by atoms with E-state index in [2.05, 4.69) is 26.0 Å². The van der Waals surface area contributed by atoms with Crippen LogP contribution in [0.15, 0.2) is 53.3 Å². The normalized spacial score (nSPS) is 10.8. The molecule has 3 aromatic rings. The van der Waals surface area contributed by atoms with Crippen molar-refractivity contribution in [2.75, 3.05) is 0 Å². The number of aromatic nitrogens is 3. The summed E-state index contributed by atoms with van der Waals surface area (Å²) in [5.74, 6) is 0.183. The molecule has 3 rings (SSSR count). The largest absolute Gasteiger partial charge is 0.215 e. The second-order valence-corrected chi connectivity index (χ2v) is 5.45. The molecule has 0 spiro atoms. The molecule has 0 saturated carbocycles. The van der Waals surface area contributed by atoms with Gasteiger partial charge in [-0.3, -0.25) is 0 Å². The highest BCUT2D eigenvalue weighted by Gasteiger charge is 2.12. The minimum Gasteiger partial charge on any atom is -0.215 e. The highest BCUT2D eigenvalue weighted by atomic mass is 79.9. The molecule has 20 heavy (non-hydrogen) atoms. The van der Waals surface area contributed by atoms with Crippen molar-refractivity contribution >= 4 is 27.5 Å². The van der Waals surface area contributed by atoms with Crippen molar-refractivity contribution in [1.29, 1.82) is 0 Å². The fraction of sp³-hybridized carbons (Fsp3) is 0. The molecule has 0 N–H and O–H groups in total. The molecule has 0 aliphatic carbocycles. The van der Waals surface area contributed by atoms with Gasteiger partial charge >= 0.3 is 0 Å². The quantitative estimate of drug-likeness (QED) is 0.680. The van der Waals surface area contributed by atoms with Crippen LogP contribution in [0.25, 0.3) is 17.1 Å². The van der Waals surface area contributed by atoms with Crippen LogP contribution in [0.2, 0.25) is 5.02 Å². The lowest BCUT2D eigenvalue weighted by Gasteiger charge is -2.07. The van der Waals surface area contributed by atoms with Gasteiger partial charge in [-0.2, -0.15) is 5.10 Å². The van der Waals surface area contributed by atoms with E-state index in [9.17, 15) is 4.39 Å². The highest BCUT2D eigenvalue weighted by Crippen LogP contribution is 2.24. The molecule has 2 aromatic carbocycles. The second-order valence-electron chi connectivity index (χ2n) is 4.10. The minimum absolute atomic E-state index is 0.343. The molecule has 0 atom stereocenters. The SMILES string of the molecule is Fc1cc(Br)ccc1-n1ncnc1-c1ccc(Cl)cc1. The molecule has 0 aliphatic rings. The van der Waals surface area contributed by atoms with Gasteiger partial charge in [0.05, 0.1) is 0 Å². The van der Waals surface area contributed by atoms with E-state index in [4.69, 9.17) is 11.6 Å². The van der Waals surface area contributed by atoms with Gasteiger partial charge in [0.15, 0.2) is 5.82 Å². The fourth-order valence-corrected chi connectivity index (χ4v) is 2.33. The molecule has 0 amide bonds. The van der Waals surface area contributed by atoms with Crippen LogP contribution in [0.4, 0.5) is 4.39 Å². The Bertz CT molecular complexity index is 755. The van der Waals surface area contributed by atoms with Gasteiger partial charge in [-0.25, -0.2) is 14.1 Å². The van der Waals surface area contributed by atoms with Crippen molar-refractivity contribution in [3.63, 3.8) is 0 Å². The van der Waals surface area contributed by atoms with E-state index in [1.807, 2.05) is 12.1 Å². The maximum Gasteiger partial charge on any atom is 0.163 e. The average Bonchev–Trinajstić information content (AvgIpc) is 2.88. The van der Waals surface area contributed by atoms with Crippen LogP contribution in [-0.4, -0.2) is 14.8 Å². The monoisotopic (exact) mass is 351 g/mol. The van der Waals surface area contributed by atoms with Gasteiger partial charge in [0.2, 0.25) is 0 Å². The zero-order valence-corrected chi connectivity index (χ0v) is 12.4. The summed E-state index contributed by atoms with van der Waals surface area (Å²) < 4.78 is 16.2. The number of rotatable bonds is 2. The minimum atomic E-state index is -0.375. The Balaban J connectivity index is 2.12. The van der Waals surface area contributed by atoms with Crippen LogP contribution < -0.4 is 0 Å². The predicted octanol–water partition coefficient (Wildman–Crippen LogP) is 4.49. The molecule has 3 nitrogen and oxygen atoms in total. The summed E-state index contributed by atoms with van der Waals surface area (Å²) in [5.41, 5.74) is 1.16. The van der Waals surface area contributed by atoms with Crippen molar-refractivity contribution in [3.05, 3.63) is 64.1 Å². The van der Waals surface area contributed by atoms with Gasteiger partial charge in [0.1, 0.15) is 17.8 Å². The molecule has 1 aromatic heterocycles. The van der Waals surface area contributed by atoms with E-state index < -0.39 is 0 Å². The topological polar surface area (TPSA) is 30.7 Å². The zero-order chi connectivity index (χ0) is 14.1. The van der Waals surface area contributed by atoms with Crippen LogP contribution in [0.1, 0.15) is 0 Å². The molecular formula is C14H8BrClFN3. The highest BCUT2D eigenvalue weighted by molar-refractivity contribution is 9.10. The molecule has 0 bridgehead atoms.